The van der Waals surface area contributed by atoms with Crippen molar-refractivity contribution in [1.82, 2.24) is 10.2 Å². The Hall–Kier alpha value is -3.29. The number of carbonyl (C=O) groups is 1. The normalized spacial score (nSPS) is 10.9. The molecule has 2 aromatic carbocycles. The SMILES string of the molecule is COCCNC(=O)c1ccc(CN(Cc2ccccc2)Cc2ccc(OC)c(OC)c2)o1. The highest BCUT2D eigenvalue weighted by atomic mass is 16.5. The van der Waals surface area contributed by atoms with Gasteiger partial charge < -0.3 is 23.9 Å². The number of ether oxygens (including phenoxy) is 3. The predicted octanol–water partition coefficient (Wildman–Crippen LogP) is 3.88. The van der Waals surface area contributed by atoms with E-state index in [0.717, 1.165) is 17.9 Å². The lowest BCUT2D eigenvalue weighted by Crippen LogP contribution is -2.26. The summed E-state index contributed by atoms with van der Waals surface area (Å²) in [5.74, 6) is 2.15. The molecule has 0 atom stereocenters. The number of methoxy groups -OCH3 is 3. The maximum atomic E-state index is 12.2. The minimum absolute atomic E-state index is 0.247. The zero-order valence-electron chi connectivity index (χ0n) is 18.8. The molecule has 0 aliphatic carbocycles. The van der Waals surface area contributed by atoms with Gasteiger partial charge in [0, 0.05) is 26.7 Å². The fraction of sp³-hybridized carbons (Fsp3) is 0.320. The van der Waals surface area contributed by atoms with Gasteiger partial charge in [-0.05, 0) is 35.4 Å². The molecule has 0 aliphatic rings. The quantitative estimate of drug-likeness (QED) is 0.433. The molecule has 0 saturated carbocycles. The first-order chi connectivity index (χ1) is 15.6. The number of furan rings is 1. The molecular weight excluding hydrogens is 408 g/mol. The lowest BCUT2D eigenvalue weighted by atomic mass is 10.1. The Kier molecular flexibility index (Phi) is 8.71. The van der Waals surface area contributed by atoms with Crippen molar-refractivity contribution in [2.45, 2.75) is 19.6 Å². The van der Waals surface area contributed by atoms with Crippen molar-refractivity contribution in [3.05, 3.63) is 83.3 Å². The Morgan fingerprint density at radius 3 is 2.34 bits per heavy atom. The van der Waals surface area contributed by atoms with Crippen molar-refractivity contribution in [1.29, 1.82) is 0 Å². The van der Waals surface area contributed by atoms with Gasteiger partial charge in [-0.1, -0.05) is 36.4 Å². The van der Waals surface area contributed by atoms with E-state index in [0.29, 0.717) is 43.5 Å². The monoisotopic (exact) mass is 438 g/mol. The van der Waals surface area contributed by atoms with Crippen LogP contribution in [0.1, 0.15) is 27.4 Å². The molecule has 0 fully saturated rings. The first-order valence-electron chi connectivity index (χ1n) is 10.5. The van der Waals surface area contributed by atoms with Gasteiger partial charge in [-0.2, -0.15) is 0 Å². The van der Waals surface area contributed by atoms with E-state index in [1.165, 1.54) is 5.56 Å². The number of amides is 1. The average molecular weight is 439 g/mol. The molecule has 0 saturated heterocycles. The molecule has 32 heavy (non-hydrogen) atoms. The van der Waals surface area contributed by atoms with Gasteiger partial charge in [0.15, 0.2) is 17.3 Å². The standard InChI is InChI=1S/C25H30N2O5/c1-29-14-13-26-25(28)23-12-10-21(32-23)18-27(16-19-7-5-4-6-8-19)17-20-9-11-22(30-2)24(15-20)31-3/h4-12,15H,13-14,16-18H2,1-3H3,(H,26,28). The van der Waals surface area contributed by atoms with Gasteiger partial charge in [0.05, 0.1) is 27.4 Å². The van der Waals surface area contributed by atoms with E-state index in [4.69, 9.17) is 18.6 Å². The second-order valence-corrected chi connectivity index (χ2v) is 7.33. The van der Waals surface area contributed by atoms with Crippen LogP contribution in [0, 0.1) is 0 Å². The summed E-state index contributed by atoms with van der Waals surface area (Å²) < 4.78 is 21.6. The van der Waals surface area contributed by atoms with Gasteiger partial charge in [-0.25, -0.2) is 0 Å². The predicted molar refractivity (Wildman–Crippen MR) is 122 cm³/mol. The number of benzene rings is 2. The van der Waals surface area contributed by atoms with Crippen molar-refractivity contribution in [3.63, 3.8) is 0 Å². The number of rotatable bonds is 12. The molecule has 0 spiro atoms. The fourth-order valence-electron chi connectivity index (χ4n) is 3.41. The van der Waals surface area contributed by atoms with Crippen molar-refractivity contribution >= 4 is 5.91 Å². The molecule has 1 heterocycles. The second-order valence-electron chi connectivity index (χ2n) is 7.33. The van der Waals surface area contributed by atoms with Crippen LogP contribution in [0.3, 0.4) is 0 Å². The Morgan fingerprint density at radius 1 is 0.875 bits per heavy atom. The fourth-order valence-corrected chi connectivity index (χ4v) is 3.41. The summed E-state index contributed by atoms with van der Waals surface area (Å²) in [6.45, 7) is 2.84. The first-order valence-corrected chi connectivity index (χ1v) is 10.5. The van der Waals surface area contributed by atoms with Crippen molar-refractivity contribution in [3.8, 4) is 11.5 Å². The summed E-state index contributed by atoms with van der Waals surface area (Å²) >= 11 is 0. The van der Waals surface area contributed by atoms with Crippen LogP contribution in [0.25, 0.3) is 0 Å². The highest BCUT2D eigenvalue weighted by Gasteiger charge is 2.15. The summed E-state index contributed by atoms with van der Waals surface area (Å²) in [7, 11) is 4.85. The summed E-state index contributed by atoms with van der Waals surface area (Å²) in [4.78, 5) is 14.5. The average Bonchev–Trinajstić information content (AvgIpc) is 3.28. The van der Waals surface area contributed by atoms with Crippen LogP contribution in [0.2, 0.25) is 0 Å². The highest BCUT2D eigenvalue weighted by molar-refractivity contribution is 5.91. The summed E-state index contributed by atoms with van der Waals surface area (Å²) in [5.41, 5.74) is 2.28. The molecule has 0 bridgehead atoms. The Balaban J connectivity index is 1.74. The number of hydrogen-bond acceptors (Lipinski definition) is 6. The van der Waals surface area contributed by atoms with Crippen molar-refractivity contribution < 1.29 is 23.4 Å². The highest BCUT2D eigenvalue weighted by Crippen LogP contribution is 2.28. The zero-order chi connectivity index (χ0) is 22.8. The molecule has 3 aromatic rings. The summed E-state index contributed by atoms with van der Waals surface area (Å²) in [6.07, 6.45) is 0. The van der Waals surface area contributed by atoms with Gasteiger partial charge in [-0.15, -0.1) is 0 Å². The minimum Gasteiger partial charge on any atom is -0.493 e. The number of nitrogens with one attached hydrogen (secondary N) is 1. The van der Waals surface area contributed by atoms with Gasteiger partial charge in [0.25, 0.3) is 5.91 Å². The molecule has 3 rings (SSSR count). The third-order valence-corrected chi connectivity index (χ3v) is 4.96. The van der Waals surface area contributed by atoms with E-state index in [2.05, 4.69) is 22.3 Å². The maximum Gasteiger partial charge on any atom is 0.287 e. The molecule has 0 radical (unpaired) electrons. The van der Waals surface area contributed by atoms with E-state index >= 15 is 0 Å². The van der Waals surface area contributed by atoms with Crippen LogP contribution in [0.15, 0.2) is 65.1 Å². The van der Waals surface area contributed by atoms with Crippen LogP contribution in [-0.4, -0.2) is 45.3 Å². The smallest absolute Gasteiger partial charge is 0.287 e. The molecule has 7 heteroatoms. The molecule has 1 aromatic heterocycles. The maximum absolute atomic E-state index is 12.2. The number of nitrogens with zero attached hydrogens (tertiary/aromatic N) is 1. The lowest BCUT2D eigenvalue weighted by Gasteiger charge is -2.22. The van der Waals surface area contributed by atoms with E-state index in [-0.39, 0.29) is 5.91 Å². The topological polar surface area (TPSA) is 73.2 Å². The minimum atomic E-state index is -0.247. The molecule has 0 unspecified atom stereocenters. The van der Waals surface area contributed by atoms with E-state index in [1.807, 2.05) is 42.5 Å². The molecule has 7 nitrogen and oxygen atoms in total. The Labute approximate surface area is 188 Å². The third kappa shape index (κ3) is 6.60. The Bertz CT molecular complexity index is 987. The Morgan fingerprint density at radius 2 is 1.62 bits per heavy atom. The molecule has 0 aliphatic heterocycles. The van der Waals surface area contributed by atoms with Crippen molar-refractivity contribution in [2.75, 3.05) is 34.5 Å². The van der Waals surface area contributed by atoms with Crippen LogP contribution in [0.4, 0.5) is 0 Å². The van der Waals surface area contributed by atoms with Crippen LogP contribution < -0.4 is 14.8 Å². The van der Waals surface area contributed by atoms with Crippen LogP contribution in [-0.2, 0) is 24.4 Å². The van der Waals surface area contributed by atoms with E-state index in [9.17, 15) is 4.79 Å². The van der Waals surface area contributed by atoms with Crippen molar-refractivity contribution in [2.24, 2.45) is 0 Å². The molecule has 1 amide bonds. The van der Waals surface area contributed by atoms with Gasteiger partial charge in [0.2, 0.25) is 0 Å². The first kappa shape index (κ1) is 23.4. The van der Waals surface area contributed by atoms with Gasteiger partial charge in [0.1, 0.15) is 5.76 Å². The molecule has 170 valence electrons. The largest absolute Gasteiger partial charge is 0.493 e. The van der Waals surface area contributed by atoms with Crippen LogP contribution in [0.5, 0.6) is 11.5 Å². The summed E-state index contributed by atoms with van der Waals surface area (Å²) in [6, 6.07) is 19.7. The van der Waals surface area contributed by atoms with E-state index in [1.54, 1.807) is 27.4 Å². The van der Waals surface area contributed by atoms with Crippen LogP contribution >= 0.6 is 0 Å². The third-order valence-electron chi connectivity index (χ3n) is 4.96. The zero-order valence-corrected chi connectivity index (χ0v) is 18.8. The second kappa shape index (κ2) is 11.9. The molecular formula is C25H30N2O5. The lowest BCUT2D eigenvalue weighted by molar-refractivity contribution is 0.0905. The van der Waals surface area contributed by atoms with Gasteiger partial charge in [-0.3, -0.25) is 9.69 Å². The molecule has 1 N–H and O–H groups in total. The van der Waals surface area contributed by atoms with E-state index < -0.39 is 0 Å². The number of carbonyl (C=O) groups excluding carboxylic acids is 1. The van der Waals surface area contributed by atoms with Gasteiger partial charge >= 0.3 is 0 Å². The number of hydrogen-bond donors (Lipinski definition) is 1. The summed E-state index contributed by atoms with van der Waals surface area (Å²) in [5, 5.41) is 2.77.